The van der Waals surface area contributed by atoms with Gasteiger partial charge in [0.25, 0.3) is 0 Å². The highest BCUT2D eigenvalue weighted by molar-refractivity contribution is 7.09. The summed E-state index contributed by atoms with van der Waals surface area (Å²) in [5.41, 5.74) is 0. The summed E-state index contributed by atoms with van der Waals surface area (Å²) >= 11 is 1.81. The van der Waals surface area contributed by atoms with Crippen LogP contribution in [0.15, 0.2) is 17.5 Å². The second-order valence-corrected chi connectivity index (χ2v) is 5.17. The van der Waals surface area contributed by atoms with E-state index < -0.39 is 0 Å². The Morgan fingerprint density at radius 1 is 1.43 bits per heavy atom. The van der Waals surface area contributed by atoms with E-state index in [0.29, 0.717) is 11.7 Å². The predicted molar refractivity (Wildman–Crippen MR) is 59.6 cm³/mol. The first-order chi connectivity index (χ1) is 6.84. The van der Waals surface area contributed by atoms with Crippen LogP contribution in [0.1, 0.15) is 37.0 Å². The Hall–Kier alpha value is -0.630. The summed E-state index contributed by atoms with van der Waals surface area (Å²) in [4.78, 5) is 12.9. The summed E-state index contributed by atoms with van der Waals surface area (Å²) in [5, 5.41) is 2.12. The van der Waals surface area contributed by atoms with Crippen molar-refractivity contribution in [1.82, 2.24) is 0 Å². The monoisotopic (exact) mass is 208 g/mol. The molecule has 2 heteroatoms. The van der Waals surface area contributed by atoms with Crippen molar-refractivity contribution in [1.29, 1.82) is 0 Å². The number of rotatable bonds is 2. The van der Waals surface area contributed by atoms with E-state index >= 15 is 0 Å². The van der Waals surface area contributed by atoms with Gasteiger partial charge in [0.15, 0.2) is 0 Å². The van der Waals surface area contributed by atoms with Gasteiger partial charge in [-0.15, -0.1) is 11.3 Å². The number of hydrogen-bond donors (Lipinski definition) is 0. The average Bonchev–Trinajstić information content (AvgIpc) is 2.56. The molecular formula is C12H16OS. The molecule has 1 aliphatic rings. The van der Waals surface area contributed by atoms with Crippen molar-refractivity contribution in [3.63, 3.8) is 0 Å². The smallest absolute Gasteiger partial charge is 0.133 e. The minimum atomic E-state index is 0.476. The number of Topliss-reactive ketones (excluding diaryl/α,β-unsaturated/α-hetero) is 1. The summed E-state index contributed by atoms with van der Waals surface area (Å²) in [6.45, 7) is 0. The second-order valence-electron chi connectivity index (χ2n) is 4.14. The van der Waals surface area contributed by atoms with E-state index in [0.717, 1.165) is 25.7 Å². The zero-order valence-electron chi connectivity index (χ0n) is 8.37. The molecule has 0 saturated heterocycles. The summed E-state index contributed by atoms with van der Waals surface area (Å²) in [6, 6.07) is 4.28. The quantitative estimate of drug-likeness (QED) is 0.680. The molecule has 0 N–H and O–H groups in total. The molecule has 1 heterocycles. The molecule has 0 bridgehead atoms. The summed E-state index contributed by atoms with van der Waals surface area (Å²) in [7, 11) is 0. The predicted octanol–water partition coefficient (Wildman–Crippen LogP) is 3.44. The molecule has 76 valence electrons. The van der Waals surface area contributed by atoms with Crippen LogP contribution in [0.3, 0.4) is 0 Å². The molecule has 1 atom stereocenters. The van der Waals surface area contributed by atoms with E-state index in [9.17, 15) is 4.79 Å². The first kappa shape index (κ1) is 9.91. The maximum atomic E-state index is 11.4. The molecule has 1 aromatic rings. The fourth-order valence-corrected chi connectivity index (χ4v) is 2.99. The van der Waals surface area contributed by atoms with Gasteiger partial charge < -0.3 is 0 Å². The summed E-state index contributed by atoms with van der Waals surface area (Å²) < 4.78 is 0. The SMILES string of the molecule is O=C1CCCCC(Cc2cccs2)C1. The summed E-state index contributed by atoms with van der Waals surface area (Å²) in [6.07, 6.45) is 6.34. The Morgan fingerprint density at radius 2 is 2.36 bits per heavy atom. The van der Waals surface area contributed by atoms with E-state index in [1.807, 2.05) is 11.3 Å². The molecule has 1 saturated carbocycles. The lowest BCUT2D eigenvalue weighted by molar-refractivity contribution is -0.119. The average molecular weight is 208 g/mol. The fraction of sp³-hybridized carbons (Fsp3) is 0.583. The van der Waals surface area contributed by atoms with Gasteiger partial charge >= 0.3 is 0 Å². The molecule has 14 heavy (non-hydrogen) atoms. The number of ketones is 1. The standard InChI is InChI=1S/C12H16OS/c13-11-5-2-1-4-10(8-11)9-12-6-3-7-14-12/h3,6-7,10H,1-2,4-5,8-9H2. The van der Waals surface area contributed by atoms with Crippen molar-refractivity contribution in [2.45, 2.75) is 38.5 Å². The highest BCUT2D eigenvalue weighted by Crippen LogP contribution is 2.25. The third-order valence-electron chi connectivity index (χ3n) is 2.90. The van der Waals surface area contributed by atoms with Crippen LogP contribution in [0, 0.1) is 5.92 Å². The van der Waals surface area contributed by atoms with E-state index in [1.54, 1.807) is 0 Å². The number of thiophene rings is 1. The van der Waals surface area contributed by atoms with Crippen LogP contribution in [-0.4, -0.2) is 5.78 Å². The number of carbonyl (C=O) groups is 1. The lowest BCUT2D eigenvalue weighted by Crippen LogP contribution is -2.07. The summed E-state index contributed by atoms with van der Waals surface area (Å²) in [5.74, 6) is 1.09. The van der Waals surface area contributed by atoms with E-state index in [4.69, 9.17) is 0 Å². The molecule has 1 unspecified atom stereocenters. The van der Waals surface area contributed by atoms with Crippen molar-refractivity contribution in [3.8, 4) is 0 Å². The molecule has 0 amide bonds. The van der Waals surface area contributed by atoms with Crippen molar-refractivity contribution in [3.05, 3.63) is 22.4 Å². The third-order valence-corrected chi connectivity index (χ3v) is 3.80. The van der Waals surface area contributed by atoms with E-state index in [2.05, 4.69) is 17.5 Å². The van der Waals surface area contributed by atoms with Gasteiger partial charge in [-0.3, -0.25) is 4.79 Å². The molecular weight excluding hydrogens is 192 g/mol. The maximum absolute atomic E-state index is 11.4. The normalized spacial score (nSPS) is 23.4. The first-order valence-electron chi connectivity index (χ1n) is 5.38. The minimum absolute atomic E-state index is 0.476. The molecule has 1 aromatic heterocycles. The lowest BCUT2D eigenvalue weighted by Gasteiger charge is -2.11. The van der Waals surface area contributed by atoms with Gasteiger partial charge in [0, 0.05) is 17.7 Å². The molecule has 0 spiro atoms. The maximum Gasteiger partial charge on any atom is 0.133 e. The zero-order valence-corrected chi connectivity index (χ0v) is 9.19. The number of hydrogen-bond acceptors (Lipinski definition) is 2. The van der Waals surface area contributed by atoms with Crippen LogP contribution in [0.2, 0.25) is 0 Å². The number of carbonyl (C=O) groups excluding carboxylic acids is 1. The Morgan fingerprint density at radius 3 is 3.14 bits per heavy atom. The van der Waals surface area contributed by atoms with Gasteiger partial charge in [-0.05, 0) is 36.6 Å². The second kappa shape index (κ2) is 4.74. The lowest BCUT2D eigenvalue weighted by atomic mass is 9.95. The van der Waals surface area contributed by atoms with E-state index in [-0.39, 0.29) is 0 Å². The molecule has 0 radical (unpaired) electrons. The largest absolute Gasteiger partial charge is 0.300 e. The molecule has 1 fully saturated rings. The van der Waals surface area contributed by atoms with Gasteiger partial charge in [-0.1, -0.05) is 12.5 Å². The van der Waals surface area contributed by atoms with Gasteiger partial charge in [0.2, 0.25) is 0 Å². The van der Waals surface area contributed by atoms with Crippen molar-refractivity contribution >= 4 is 17.1 Å². The van der Waals surface area contributed by atoms with Gasteiger partial charge in [-0.2, -0.15) is 0 Å². The fourth-order valence-electron chi connectivity index (χ4n) is 2.17. The van der Waals surface area contributed by atoms with Crippen molar-refractivity contribution in [2.24, 2.45) is 5.92 Å². The Kier molecular flexibility index (Phi) is 3.35. The van der Waals surface area contributed by atoms with Crippen LogP contribution < -0.4 is 0 Å². The highest BCUT2D eigenvalue weighted by Gasteiger charge is 2.18. The van der Waals surface area contributed by atoms with Crippen molar-refractivity contribution < 1.29 is 4.79 Å². The van der Waals surface area contributed by atoms with Crippen LogP contribution in [0.25, 0.3) is 0 Å². The highest BCUT2D eigenvalue weighted by atomic mass is 32.1. The molecule has 2 rings (SSSR count). The van der Waals surface area contributed by atoms with Crippen LogP contribution in [-0.2, 0) is 11.2 Å². The van der Waals surface area contributed by atoms with Crippen LogP contribution in [0.5, 0.6) is 0 Å². The third kappa shape index (κ3) is 2.68. The Labute approximate surface area is 89.1 Å². The van der Waals surface area contributed by atoms with Gasteiger partial charge in [0.1, 0.15) is 5.78 Å². The Bertz CT molecular complexity index is 289. The van der Waals surface area contributed by atoms with Crippen molar-refractivity contribution in [2.75, 3.05) is 0 Å². The molecule has 1 nitrogen and oxygen atoms in total. The molecule has 0 aromatic carbocycles. The molecule has 1 aliphatic carbocycles. The zero-order chi connectivity index (χ0) is 9.80. The topological polar surface area (TPSA) is 17.1 Å². The van der Waals surface area contributed by atoms with Gasteiger partial charge in [-0.25, -0.2) is 0 Å². The molecule has 0 aliphatic heterocycles. The van der Waals surface area contributed by atoms with E-state index in [1.165, 1.54) is 17.7 Å². The van der Waals surface area contributed by atoms with Crippen LogP contribution >= 0.6 is 11.3 Å². The Balaban J connectivity index is 1.93. The van der Waals surface area contributed by atoms with Crippen LogP contribution in [0.4, 0.5) is 0 Å². The first-order valence-corrected chi connectivity index (χ1v) is 6.26. The minimum Gasteiger partial charge on any atom is -0.300 e. The van der Waals surface area contributed by atoms with Gasteiger partial charge in [0.05, 0.1) is 0 Å².